The summed E-state index contributed by atoms with van der Waals surface area (Å²) in [7, 11) is 0. The summed E-state index contributed by atoms with van der Waals surface area (Å²) in [5, 5.41) is 0. The summed E-state index contributed by atoms with van der Waals surface area (Å²) in [5.74, 6) is 1.32. The van der Waals surface area contributed by atoms with E-state index in [9.17, 15) is 0 Å². The number of unbranched alkanes of at least 4 members (excludes halogenated alkanes) is 4. The van der Waals surface area contributed by atoms with Crippen LogP contribution in [0.4, 0.5) is 0 Å². The summed E-state index contributed by atoms with van der Waals surface area (Å²) in [6, 6.07) is 9.04. The van der Waals surface area contributed by atoms with Crippen LogP contribution in [-0.4, -0.2) is 0 Å². The highest BCUT2D eigenvalue weighted by atomic mass is 14.2. The lowest BCUT2D eigenvalue weighted by atomic mass is 9.81. The molecule has 0 aliphatic carbocycles. The topological polar surface area (TPSA) is 0 Å². The Bertz CT molecular complexity index is 439. The fourth-order valence-electron chi connectivity index (χ4n) is 3.72. The first-order valence-corrected chi connectivity index (χ1v) is 9.97. The molecule has 0 saturated carbocycles. The Morgan fingerprint density at radius 3 is 2.13 bits per heavy atom. The van der Waals surface area contributed by atoms with Gasteiger partial charge in [0, 0.05) is 0 Å². The van der Waals surface area contributed by atoms with E-state index in [4.69, 9.17) is 0 Å². The molecule has 0 aromatic heterocycles. The first-order valence-electron chi connectivity index (χ1n) is 9.97. The van der Waals surface area contributed by atoms with Crippen LogP contribution in [0.25, 0.3) is 5.57 Å². The Hall–Kier alpha value is -1.04. The van der Waals surface area contributed by atoms with E-state index >= 15 is 0 Å². The molecular formula is C23H38. The van der Waals surface area contributed by atoms with E-state index in [1.54, 1.807) is 5.56 Å². The molecule has 1 rings (SSSR count). The van der Waals surface area contributed by atoms with Crippen molar-refractivity contribution in [3.63, 3.8) is 0 Å². The van der Waals surface area contributed by atoms with Gasteiger partial charge in [0.25, 0.3) is 0 Å². The van der Waals surface area contributed by atoms with Crippen molar-refractivity contribution in [3.8, 4) is 0 Å². The second kappa shape index (κ2) is 11.5. The Balaban J connectivity index is 2.82. The molecule has 0 aliphatic heterocycles. The van der Waals surface area contributed by atoms with Crippen LogP contribution >= 0.6 is 0 Å². The maximum Gasteiger partial charge on any atom is -0.0159 e. The van der Waals surface area contributed by atoms with Gasteiger partial charge < -0.3 is 0 Å². The smallest absolute Gasteiger partial charge is 0.0159 e. The van der Waals surface area contributed by atoms with Crippen LogP contribution in [0.1, 0.15) is 103 Å². The zero-order valence-electron chi connectivity index (χ0n) is 16.0. The molecule has 1 aromatic rings. The average molecular weight is 315 g/mol. The molecule has 0 amide bonds. The van der Waals surface area contributed by atoms with Gasteiger partial charge in [-0.15, -0.1) is 0 Å². The van der Waals surface area contributed by atoms with Crippen LogP contribution in [0.15, 0.2) is 30.8 Å². The van der Waals surface area contributed by atoms with Gasteiger partial charge in [0.05, 0.1) is 0 Å². The summed E-state index contributed by atoms with van der Waals surface area (Å²) in [6.45, 7) is 13.7. The van der Waals surface area contributed by atoms with Gasteiger partial charge in [-0.25, -0.2) is 0 Å². The van der Waals surface area contributed by atoms with Crippen molar-refractivity contribution < 1.29 is 0 Å². The highest BCUT2D eigenvalue weighted by Gasteiger charge is 2.18. The molecule has 0 heterocycles. The second-order valence-corrected chi connectivity index (χ2v) is 6.93. The normalized spacial score (nSPS) is 12.6. The zero-order valence-corrected chi connectivity index (χ0v) is 16.0. The van der Waals surface area contributed by atoms with Crippen LogP contribution in [0.2, 0.25) is 0 Å². The van der Waals surface area contributed by atoms with Crippen LogP contribution < -0.4 is 0 Å². The van der Waals surface area contributed by atoms with Gasteiger partial charge in [-0.1, -0.05) is 90.6 Å². The fraction of sp³-hybridized carbons (Fsp3) is 0.652. The van der Waals surface area contributed by atoms with Crippen LogP contribution in [0.3, 0.4) is 0 Å². The Morgan fingerprint density at radius 1 is 0.870 bits per heavy atom. The second-order valence-electron chi connectivity index (χ2n) is 6.93. The Morgan fingerprint density at radius 2 is 1.52 bits per heavy atom. The summed E-state index contributed by atoms with van der Waals surface area (Å²) in [4.78, 5) is 0. The lowest BCUT2D eigenvalue weighted by Crippen LogP contribution is -2.06. The highest BCUT2D eigenvalue weighted by molar-refractivity contribution is 5.68. The molecule has 1 atom stereocenters. The van der Waals surface area contributed by atoms with E-state index in [0.29, 0.717) is 11.8 Å². The van der Waals surface area contributed by atoms with Crippen molar-refractivity contribution >= 4 is 5.57 Å². The van der Waals surface area contributed by atoms with Crippen LogP contribution in [0.5, 0.6) is 0 Å². The predicted octanol–water partition coefficient (Wildman–Crippen LogP) is 7.99. The molecule has 0 N–H and O–H groups in total. The minimum atomic E-state index is 0.623. The molecular weight excluding hydrogens is 276 g/mol. The monoisotopic (exact) mass is 314 g/mol. The maximum atomic E-state index is 4.47. The summed E-state index contributed by atoms with van der Waals surface area (Å²) in [5.41, 5.74) is 4.33. The molecule has 0 spiro atoms. The number of allylic oxidation sites excluding steroid dienone is 1. The van der Waals surface area contributed by atoms with E-state index < -0.39 is 0 Å². The number of hydrogen-bond donors (Lipinski definition) is 0. The number of benzene rings is 1. The molecule has 0 fully saturated rings. The molecule has 1 aromatic carbocycles. The van der Waals surface area contributed by atoms with Crippen LogP contribution in [-0.2, 0) is 0 Å². The van der Waals surface area contributed by atoms with Crippen molar-refractivity contribution in [2.24, 2.45) is 5.92 Å². The van der Waals surface area contributed by atoms with Gasteiger partial charge in [0.15, 0.2) is 0 Å². The van der Waals surface area contributed by atoms with Crippen molar-refractivity contribution in [2.45, 2.75) is 91.4 Å². The van der Waals surface area contributed by atoms with Crippen molar-refractivity contribution in [2.75, 3.05) is 0 Å². The number of rotatable bonds is 12. The Kier molecular flexibility index (Phi) is 9.99. The SMILES string of the molecule is C=C(c1ccccc1C(CC)CCCCCCC)C(CC)CC. The van der Waals surface area contributed by atoms with Gasteiger partial charge in [-0.05, 0) is 54.2 Å². The third kappa shape index (κ3) is 6.16. The molecule has 0 saturated heterocycles. The van der Waals surface area contributed by atoms with Gasteiger partial charge >= 0.3 is 0 Å². The molecule has 0 radical (unpaired) electrons. The van der Waals surface area contributed by atoms with Gasteiger partial charge in [0.1, 0.15) is 0 Å². The van der Waals surface area contributed by atoms with Gasteiger partial charge in [0.2, 0.25) is 0 Å². The quantitative estimate of drug-likeness (QED) is 0.343. The first kappa shape index (κ1) is 20.0. The van der Waals surface area contributed by atoms with Crippen molar-refractivity contribution in [1.29, 1.82) is 0 Å². The minimum absolute atomic E-state index is 0.623. The summed E-state index contributed by atoms with van der Waals surface area (Å²) < 4.78 is 0. The fourth-order valence-corrected chi connectivity index (χ4v) is 3.72. The predicted molar refractivity (Wildman–Crippen MR) is 106 cm³/mol. The number of hydrogen-bond acceptors (Lipinski definition) is 0. The Labute approximate surface area is 145 Å². The molecule has 0 nitrogen and oxygen atoms in total. The lowest BCUT2D eigenvalue weighted by Gasteiger charge is -2.23. The summed E-state index contributed by atoms with van der Waals surface area (Å²) in [6.07, 6.45) is 11.8. The zero-order chi connectivity index (χ0) is 17.1. The third-order valence-electron chi connectivity index (χ3n) is 5.37. The molecule has 1 unspecified atom stereocenters. The van der Waals surface area contributed by atoms with Gasteiger partial charge in [-0.2, -0.15) is 0 Å². The first-order chi connectivity index (χ1) is 11.2. The van der Waals surface area contributed by atoms with Crippen molar-refractivity contribution in [1.82, 2.24) is 0 Å². The van der Waals surface area contributed by atoms with Crippen molar-refractivity contribution in [3.05, 3.63) is 42.0 Å². The van der Waals surface area contributed by atoms with E-state index in [-0.39, 0.29) is 0 Å². The molecule has 0 aliphatic rings. The van der Waals surface area contributed by atoms with E-state index in [2.05, 4.69) is 58.5 Å². The largest absolute Gasteiger partial charge is 0.0949 e. The lowest BCUT2D eigenvalue weighted by molar-refractivity contribution is 0.533. The molecule has 23 heavy (non-hydrogen) atoms. The standard InChI is InChI=1S/C23H38/c1-6-10-11-12-13-16-21(9-4)23-18-15-14-17-22(23)19(5)20(7-2)8-3/h14-15,17-18,20-21H,5-13,16H2,1-4H3. The third-order valence-corrected chi connectivity index (χ3v) is 5.37. The van der Waals surface area contributed by atoms with E-state index in [1.807, 2.05) is 0 Å². The minimum Gasteiger partial charge on any atom is -0.0949 e. The van der Waals surface area contributed by atoms with Gasteiger partial charge in [-0.3, -0.25) is 0 Å². The highest BCUT2D eigenvalue weighted by Crippen LogP contribution is 2.35. The molecule has 0 heteroatoms. The summed E-state index contributed by atoms with van der Waals surface area (Å²) >= 11 is 0. The van der Waals surface area contributed by atoms with E-state index in [0.717, 1.165) is 0 Å². The molecule has 130 valence electrons. The molecule has 0 bridgehead atoms. The van der Waals surface area contributed by atoms with Crippen LogP contribution in [0, 0.1) is 5.92 Å². The average Bonchev–Trinajstić information content (AvgIpc) is 2.59. The maximum absolute atomic E-state index is 4.47. The van der Waals surface area contributed by atoms with E-state index in [1.165, 1.54) is 68.9 Å².